The highest BCUT2D eigenvalue weighted by Crippen LogP contribution is 2.28. The van der Waals surface area contributed by atoms with Gasteiger partial charge in [0.25, 0.3) is 5.91 Å². The lowest BCUT2D eigenvalue weighted by Crippen LogP contribution is -2.22. The second kappa shape index (κ2) is 8.35. The number of nitrogens with one attached hydrogen (secondary N) is 1. The van der Waals surface area contributed by atoms with Crippen LogP contribution in [0.25, 0.3) is 0 Å². The minimum Gasteiger partial charge on any atom is -0.490 e. The van der Waals surface area contributed by atoms with Crippen molar-refractivity contribution in [1.82, 2.24) is 5.32 Å². The van der Waals surface area contributed by atoms with Crippen molar-refractivity contribution in [2.24, 2.45) is 0 Å². The largest absolute Gasteiger partial charge is 0.490 e. The molecule has 6 nitrogen and oxygen atoms in total. The van der Waals surface area contributed by atoms with E-state index < -0.39 is 5.97 Å². The molecular formula is C17H19NO5S. The molecule has 24 heavy (non-hydrogen) atoms. The van der Waals surface area contributed by atoms with E-state index in [2.05, 4.69) is 5.32 Å². The van der Waals surface area contributed by atoms with Gasteiger partial charge in [0.05, 0.1) is 19.8 Å². The number of hydrogen-bond acceptors (Lipinski definition) is 5. The van der Waals surface area contributed by atoms with Gasteiger partial charge in [0.2, 0.25) is 0 Å². The Balaban J connectivity index is 2.05. The minimum absolute atomic E-state index is 0.249. The Morgan fingerprint density at radius 2 is 1.79 bits per heavy atom. The van der Waals surface area contributed by atoms with E-state index >= 15 is 0 Å². The number of hydrogen-bond donors (Lipinski definition) is 2. The minimum atomic E-state index is -0.967. The molecule has 128 valence electrons. The molecule has 2 aromatic rings. The van der Waals surface area contributed by atoms with Gasteiger partial charge in [-0.1, -0.05) is 0 Å². The Kier molecular flexibility index (Phi) is 6.20. The molecule has 0 aliphatic heterocycles. The molecule has 0 aliphatic carbocycles. The van der Waals surface area contributed by atoms with Gasteiger partial charge in [-0.15, -0.1) is 11.3 Å². The quantitative estimate of drug-likeness (QED) is 0.765. The summed E-state index contributed by atoms with van der Waals surface area (Å²) in [6, 6.07) is 8.23. The molecule has 0 saturated heterocycles. The van der Waals surface area contributed by atoms with Crippen LogP contribution in [-0.2, 0) is 6.54 Å². The monoisotopic (exact) mass is 349 g/mol. The van der Waals surface area contributed by atoms with E-state index in [1.807, 2.05) is 13.8 Å². The number of amides is 1. The first-order valence-electron chi connectivity index (χ1n) is 7.55. The summed E-state index contributed by atoms with van der Waals surface area (Å²) >= 11 is 1.14. The first-order valence-corrected chi connectivity index (χ1v) is 8.36. The van der Waals surface area contributed by atoms with Crippen molar-refractivity contribution < 1.29 is 24.2 Å². The maximum Gasteiger partial charge on any atom is 0.345 e. The summed E-state index contributed by atoms with van der Waals surface area (Å²) in [4.78, 5) is 24.1. The third-order valence-corrected chi connectivity index (χ3v) is 4.17. The van der Waals surface area contributed by atoms with Crippen LogP contribution in [0.1, 0.15) is 38.8 Å². The molecule has 7 heteroatoms. The maximum absolute atomic E-state index is 12.3. The Morgan fingerprint density at radius 3 is 2.42 bits per heavy atom. The molecule has 0 unspecified atom stereocenters. The number of carboxylic acids is 1. The number of benzene rings is 1. The van der Waals surface area contributed by atoms with Crippen LogP contribution in [0.5, 0.6) is 11.5 Å². The van der Waals surface area contributed by atoms with Gasteiger partial charge in [0.1, 0.15) is 4.88 Å². The summed E-state index contributed by atoms with van der Waals surface area (Å²) in [5, 5.41) is 11.7. The van der Waals surface area contributed by atoms with Gasteiger partial charge in [-0.05, 0) is 44.2 Å². The van der Waals surface area contributed by atoms with Gasteiger partial charge in [-0.25, -0.2) is 4.79 Å². The fraction of sp³-hybridized carbons (Fsp3) is 0.294. The van der Waals surface area contributed by atoms with E-state index in [9.17, 15) is 9.59 Å². The molecule has 0 fully saturated rings. The van der Waals surface area contributed by atoms with Gasteiger partial charge in [0.15, 0.2) is 11.5 Å². The molecule has 0 aliphatic rings. The first kappa shape index (κ1) is 17.8. The molecular weight excluding hydrogens is 330 g/mol. The molecule has 2 rings (SSSR count). The van der Waals surface area contributed by atoms with E-state index in [1.54, 1.807) is 24.3 Å². The van der Waals surface area contributed by atoms with E-state index in [0.29, 0.717) is 30.3 Å². The molecule has 0 radical (unpaired) electrons. The summed E-state index contributed by atoms with van der Waals surface area (Å²) in [6.07, 6.45) is 0. The molecule has 1 aromatic heterocycles. The summed E-state index contributed by atoms with van der Waals surface area (Å²) in [6.45, 7) is 4.99. The molecule has 0 spiro atoms. The van der Waals surface area contributed by atoms with Crippen LogP contribution in [0.4, 0.5) is 0 Å². The molecule has 1 aromatic carbocycles. The zero-order valence-corrected chi connectivity index (χ0v) is 14.3. The summed E-state index contributed by atoms with van der Waals surface area (Å²) in [5.41, 5.74) is 0.455. The van der Waals surface area contributed by atoms with Crippen LogP contribution in [0, 0.1) is 0 Å². The van der Waals surface area contributed by atoms with Crippen molar-refractivity contribution in [3.8, 4) is 11.5 Å². The number of aromatic carboxylic acids is 1. The summed E-state index contributed by atoms with van der Waals surface area (Å²) in [5.74, 6) is -0.105. The van der Waals surface area contributed by atoms with E-state index in [4.69, 9.17) is 14.6 Å². The van der Waals surface area contributed by atoms with Crippen LogP contribution in [0.3, 0.4) is 0 Å². The third-order valence-electron chi connectivity index (χ3n) is 3.10. The number of rotatable bonds is 8. The fourth-order valence-electron chi connectivity index (χ4n) is 2.05. The predicted octanol–water partition coefficient (Wildman–Crippen LogP) is 3.17. The van der Waals surface area contributed by atoms with Crippen LogP contribution >= 0.6 is 11.3 Å². The third kappa shape index (κ3) is 4.48. The highest BCUT2D eigenvalue weighted by atomic mass is 32.1. The van der Waals surface area contributed by atoms with Gasteiger partial charge in [-0.3, -0.25) is 4.79 Å². The smallest absolute Gasteiger partial charge is 0.345 e. The standard InChI is InChI=1S/C17H19NO5S/c1-3-22-13-7-5-11(9-14(13)23-4-2)16(19)18-10-12-6-8-15(24-12)17(20)21/h5-9H,3-4,10H2,1-2H3,(H,18,19)(H,20,21). The Bertz CT molecular complexity index is 726. The van der Waals surface area contributed by atoms with E-state index in [0.717, 1.165) is 16.2 Å². The van der Waals surface area contributed by atoms with Crippen molar-refractivity contribution >= 4 is 23.2 Å². The van der Waals surface area contributed by atoms with Crippen LogP contribution in [-0.4, -0.2) is 30.2 Å². The number of carbonyl (C=O) groups excluding carboxylic acids is 1. The highest BCUT2D eigenvalue weighted by molar-refractivity contribution is 7.13. The van der Waals surface area contributed by atoms with Crippen molar-refractivity contribution in [2.75, 3.05) is 13.2 Å². The molecule has 0 bridgehead atoms. The lowest BCUT2D eigenvalue weighted by atomic mass is 10.2. The zero-order valence-electron chi connectivity index (χ0n) is 13.5. The Labute approximate surface area is 144 Å². The van der Waals surface area contributed by atoms with E-state index in [-0.39, 0.29) is 17.3 Å². The first-order chi connectivity index (χ1) is 11.5. The lowest BCUT2D eigenvalue weighted by molar-refractivity contribution is 0.0702. The second-order valence-electron chi connectivity index (χ2n) is 4.78. The number of carbonyl (C=O) groups is 2. The molecule has 1 amide bonds. The average molecular weight is 349 g/mol. The van der Waals surface area contributed by atoms with Crippen molar-refractivity contribution in [1.29, 1.82) is 0 Å². The van der Waals surface area contributed by atoms with Crippen molar-refractivity contribution in [3.63, 3.8) is 0 Å². The molecule has 0 atom stereocenters. The van der Waals surface area contributed by atoms with E-state index in [1.165, 1.54) is 6.07 Å². The van der Waals surface area contributed by atoms with Crippen LogP contribution in [0.15, 0.2) is 30.3 Å². The van der Waals surface area contributed by atoms with Gasteiger partial charge in [0, 0.05) is 10.4 Å². The van der Waals surface area contributed by atoms with Gasteiger partial charge >= 0.3 is 5.97 Å². The van der Waals surface area contributed by atoms with Crippen LogP contribution < -0.4 is 14.8 Å². The fourth-order valence-corrected chi connectivity index (χ4v) is 2.84. The Hall–Kier alpha value is -2.54. The van der Waals surface area contributed by atoms with Crippen LogP contribution in [0.2, 0.25) is 0 Å². The topological polar surface area (TPSA) is 84.9 Å². The van der Waals surface area contributed by atoms with Gasteiger partial charge < -0.3 is 19.9 Å². The second-order valence-corrected chi connectivity index (χ2v) is 5.95. The number of ether oxygens (including phenoxy) is 2. The van der Waals surface area contributed by atoms with Gasteiger partial charge in [-0.2, -0.15) is 0 Å². The number of carboxylic acid groups (broad SMARTS) is 1. The lowest BCUT2D eigenvalue weighted by Gasteiger charge is -2.12. The average Bonchev–Trinajstić information content (AvgIpc) is 3.04. The predicted molar refractivity (Wildman–Crippen MR) is 91.2 cm³/mol. The summed E-state index contributed by atoms with van der Waals surface area (Å²) < 4.78 is 11.0. The Morgan fingerprint density at radius 1 is 1.08 bits per heavy atom. The van der Waals surface area contributed by atoms with Crippen molar-refractivity contribution in [3.05, 3.63) is 45.6 Å². The molecule has 1 heterocycles. The highest BCUT2D eigenvalue weighted by Gasteiger charge is 2.12. The zero-order chi connectivity index (χ0) is 17.5. The molecule has 0 saturated carbocycles. The number of thiophene rings is 1. The summed E-state index contributed by atoms with van der Waals surface area (Å²) in [7, 11) is 0. The normalized spacial score (nSPS) is 10.2. The SMILES string of the molecule is CCOc1ccc(C(=O)NCc2ccc(C(=O)O)s2)cc1OCC. The van der Waals surface area contributed by atoms with Crippen molar-refractivity contribution in [2.45, 2.75) is 20.4 Å². The molecule has 2 N–H and O–H groups in total. The maximum atomic E-state index is 12.3.